The molecule has 0 amide bonds. The van der Waals surface area contributed by atoms with Crippen molar-refractivity contribution in [2.75, 3.05) is 6.54 Å². The molecule has 5 nitrogen and oxygen atoms in total. The van der Waals surface area contributed by atoms with Crippen LogP contribution in [0.2, 0.25) is 0 Å². The molecule has 1 aromatic rings. The van der Waals surface area contributed by atoms with Crippen molar-refractivity contribution in [2.24, 2.45) is 0 Å². The first-order valence-corrected chi connectivity index (χ1v) is 6.86. The third-order valence-electron chi connectivity index (χ3n) is 2.29. The van der Waals surface area contributed by atoms with E-state index in [0.717, 1.165) is 6.08 Å². The van der Waals surface area contributed by atoms with Crippen molar-refractivity contribution in [1.29, 1.82) is 0 Å². The second kappa shape index (κ2) is 5.79. The highest BCUT2D eigenvalue weighted by Crippen LogP contribution is 2.16. The molecule has 0 spiro atoms. The molecule has 6 heteroatoms. The molecule has 0 bridgehead atoms. The summed E-state index contributed by atoms with van der Waals surface area (Å²) in [6.07, 6.45) is 2.45. The molecule has 0 heterocycles. The molecule has 1 aromatic carbocycles. The van der Waals surface area contributed by atoms with Gasteiger partial charge in [0, 0.05) is 12.6 Å². The van der Waals surface area contributed by atoms with E-state index in [1.807, 2.05) is 0 Å². The molecule has 1 rings (SSSR count). The molecule has 0 aromatic heterocycles. The van der Waals surface area contributed by atoms with Gasteiger partial charge in [-0.3, -0.25) is 0 Å². The van der Waals surface area contributed by atoms with Gasteiger partial charge in [0.15, 0.2) is 0 Å². The number of carbonyl (C=O) groups is 1. The summed E-state index contributed by atoms with van der Waals surface area (Å²) in [7, 11) is -3.47. The van der Waals surface area contributed by atoms with E-state index in [9.17, 15) is 13.2 Å². The standard InChI is InChI=1S/C12H15NO4S/c1-3-13-18(16,17)11-6-4-10(9(2)8-11)5-7-12(14)15/h4-8,13H,3H2,1-2H3,(H,14,15)/b7-5+. The Morgan fingerprint density at radius 3 is 2.61 bits per heavy atom. The van der Waals surface area contributed by atoms with Gasteiger partial charge in [-0.15, -0.1) is 0 Å². The summed E-state index contributed by atoms with van der Waals surface area (Å²) in [6.45, 7) is 3.75. The maximum atomic E-state index is 11.7. The van der Waals surface area contributed by atoms with Gasteiger partial charge in [0.25, 0.3) is 0 Å². The van der Waals surface area contributed by atoms with E-state index in [1.165, 1.54) is 18.2 Å². The SMILES string of the molecule is CCNS(=O)(=O)c1ccc(/C=C/C(=O)O)c(C)c1. The summed E-state index contributed by atoms with van der Waals surface area (Å²) in [4.78, 5) is 10.6. The molecule has 0 fully saturated rings. The highest BCUT2D eigenvalue weighted by molar-refractivity contribution is 7.89. The Morgan fingerprint density at radius 1 is 1.44 bits per heavy atom. The lowest BCUT2D eigenvalue weighted by Gasteiger charge is -2.07. The van der Waals surface area contributed by atoms with Crippen LogP contribution in [-0.2, 0) is 14.8 Å². The van der Waals surface area contributed by atoms with Gasteiger partial charge in [-0.2, -0.15) is 0 Å². The quantitative estimate of drug-likeness (QED) is 0.791. The van der Waals surface area contributed by atoms with Gasteiger partial charge in [-0.1, -0.05) is 13.0 Å². The number of hydrogen-bond donors (Lipinski definition) is 2. The van der Waals surface area contributed by atoms with Crippen molar-refractivity contribution in [3.63, 3.8) is 0 Å². The number of benzene rings is 1. The van der Waals surface area contributed by atoms with Gasteiger partial charge < -0.3 is 5.11 Å². The van der Waals surface area contributed by atoms with E-state index >= 15 is 0 Å². The Balaban J connectivity index is 3.10. The Hall–Kier alpha value is -1.66. The molecular weight excluding hydrogens is 254 g/mol. The monoisotopic (exact) mass is 269 g/mol. The summed E-state index contributed by atoms with van der Waals surface area (Å²) < 4.78 is 25.9. The van der Waals surface area contributed by atoms with E-state index in [1.54, 1.807) is 19.9 Å². The summed E-state index contributed by atoms with van der Waals surface area (Å²) >= 11 is 0. The first-order valence-electron chi connectivity index (χ1n) is 5.38. The molecule has 2 N–H and O–H groups in total. The minimum absolute atomic E-state index is 0.175. The van der Waals surface area contributed by atoms with Crippen LogP contribution in [0.3, 0.4) is 0 Å². The lowest BCUT2D eigenvalue weighted by molar-refractivity contribution is -0.131. The number of nitrogens with one attached hydrogen (secondary N) is 1. The molecule has 0 unspecified atom stereocenters. The molecule has 0 radical (unpaired) electrons. The van der Waals surface area contributed by atoms with Gasteiger partial charge in [-0.05, 0) is 36.3 Å². The van der Waals surface area contributed by atoms with Crippen LogP contribution >= 0.6 is 0 Å². The second-order valence-corrected chi connectivity index (χ2v) is 5.46. The van der Waals surface area contributed by atoms with Crippen LogP contribution in [0.15, 0.2) is 29.2 Å². The zero-order valence-corrected chi connectivity index (χ0v) is 11.0. The Morgan fingerprint density at radius 2 is 2.11 bits per heavy atom. The zero-order valence-electron chi connectivity index (χ0n) is 10.2. The first-order chi connectivity index (χ1) is 8.36. The van der Waals surface area contributed by atoms with Crippen molar-refractivity contribution in [2.45, 2.75) is 18.7 Å². The van der Waals surface area contributed by atoms with E-state index in [4.69, 9.17) is 5.11 Å². The number of carboxylic acid groups (broad SMARTS) is 1. The maximum absolute atomic E-state index is 11.7. The molecule has 18 heavy (non-hydrogen) atoms. The van der Waals surface area contributed by atoms with Gasteiger partial charge in [-0.25, -0.2) is 17.9 Å². The van der Waals surface area contributed by atoms with E-state index in [0.29, 0.717) is 17.7 Å². The van der Waals surface area contributed by atoms with Crippen molar-refractivity contribution in [1.82, 2.24) is 4.72 Å². The van der Waals surface area contributed by atoms with E-state index in [-0.39, 0.29) is 4.90 Å². The van der Waals surface area contributed by atoms with Crippen molar-refractivity contribution in [3.8, 4) is 0 Å². The summed E-state index contributed by atoms with van der Waals surface area (Å²) in [5.41, 5.74) is 1.37. The summed E-state index contributed by atoms with van der Waals surface area (Å²) in [6, 6.07) is 4.55. The molecule has 98 valence electrons. The molecule has 0 atom stereocenters. The Labute approximate surface area is 106 Å². The maximum Gasteiger partial charge on any atom is 0.328 e. The Kier molecular flexibility index (Phi) is 4.63. The van der Waals surface area contributed by atoms with Crippen LogP contribution < -0.4 is 4.72 Å². The average Bonchev–Trinajstić information content (AvgIpc) is 2.27. The fourth-order valence-corrected chi connectivity index (χ4v) is 2.56. The zero-order chi connectivity index (χ0) is 13.8. The smallest absolute Gasteiger partial charge is 0.328 e. The topological polar surface area (TPSA) is 83.5 Å². The third-order valence-corrected chi connectivity index (χ3v) is 3.83. The lowest BCUT2D eigenvalue weighted by atomic mass is 10.1. The highest BCUT2D eigenvalue weighted by Gasteiger charge is 2.12. The second-order valence-electron chi connectivity index (χ2n) is 3.69. The van der Waals surface area contributed by atoms with Gasteiger partial charge in [0.1, 0.15) is 0 Å². The molecule has 0 saturated carbocycles. The van der Waals surface area contributed by atoms with Crippen LogP contribution in [0.4, 0.5) is 0 Å². The van der Waals surface area contributed by atoms with E-state index < -0.39 is 16.0 Å². The van der Waals surface area contributed by atoms with Crippen molar-refractivity contribution < 1.29 is 18.3 Å². The molecule has 0 saturated heterocycles. The van der Waals surface area contributed by atoms with Crippen molar-refractivity contribution in [3.05, 3.63) is 35.4 Å². The predicted molar refractivity (Wildman–Crippen MR) is 68.7 cm³/mol. The van der Waals surface area contributed by atoms with Crippen molar-refractivity contribution >= 4 is 22.1 Å². The minimum atomic E-state index is -3.47. The van der Waals surface area contributed by atoms with Gasteiger partial charge in [0.2, 0.25) is 10.0 Å². The molecule has 0 aliphatic carbocycles. The van der Waals surface area contributed by atoms with Gasteiger partial charge in [0.05, 0.1) is 4.90 Å². The van der Waals surface area contributed by atoms with E-state index in [2.05, 4.69) is 4.72 Å². The fraction of sp³-hybridized carbons (Fsp3) is 0.250. The first kappa shape index (κ1) is 14.4. The third kappa shape index (κ3) is 3.68. The largest absolute Gasteiger partial charge is 0.478 e. The molecule has 0 aliphatic rings. The average molecular weight is 269 g/mol. The van der Waals surface area contributed by atoms with Crippen LogP contribution in [0, 0.1) is 6.92 Å². The number of rotatable bonds is 5. The van der Waals surface area contributed by atoms with Crippen LogP contribution in [0.25, 0.3) is 6.08 Å². The normalized spacial score (nSPS) is 11.9. The number of sulfonamides is 1. The predicted octanol–water partition coefficient (Wildman–Crippen LogP) is 1.39. The highest BCUT2D eigenvalue weighted by atomic mass is 32.2. The minimum Gasteiger partial charge on any atom is -0.478 e. The summed E-state index contributed by atoms with van der Waals surface area (Å²) in [5, 5.41) is 8.53. The van der Waals surface area contributed by atoms with Gasteiger partial charge >= 0.3 is 5.97 Å². The Bertz CT molecular complexity index is 576. The van der Waals surface area contributed by atoms with Crippen LogP contribution in [0.5, 0.6) is 0 Å². The number of aryl methyl sites for hydroxylation is 1. The fourth-order valence-electron chi connectivity index (χ4n) is 1.44. The number of hydrogen-bond acceptors (Lipinski definition) is 3. The molecular formula is C12H15NO4S. The van der Waals surface area contributed by atoms with Crippen LogP contribution in [-0.4, -0.2) is 26.0 Å². The number of aliphatic carboxylic acids is 1. The lowest BCUT2D eigenvalue weighted by Crippen LogP contribution is -2.23. The molecule has 0 aliphatic heterocycles. The van der Waals surface area contributed by atoms with Crippen LogP contribution in [0.1, 0.15) is 18.1 Å². The number of carboxylic acids is 1. The summed E-state index contributed by atoms with van der Waals surface area (Å²) in [5.74, 6) is -1.04.